The third-order valence-corrected chi connectivity index (χ3v) is 4.54. The molecule has 0 atom stereocenters. The Hall–Kier alpha value is -2.18. The maximum Gasteiger partial charge on any atom is 0.335 e. The molecule has 128 valence electrons. The Bertz CT molecular complexity index is 712. The Labute approximate surface area is 145 Å². The highest BCUT2D eigenvalue weighted by Gasteiger charge is 2.11. The summed E-state index contributed by atoms with van der Waals surface area (Å²) in [5.74, 6) is -0.967. The van der Waals surface area contributed by atoms with Crippen molar-refractivity contribution >= 4 is 23.2 Å². The van der Waals surface area contributed by atoms with Crippen molar-refractivity contribution in [1.82, 2.24) is 10.2 Å². The van der Waals surface area contributed by atoms with Gasteiger partial charge in [0.25, 0.3) is 0 Å². The Balaban J connectivity index is 2.07. The van der Waals surface area contributed by atoms with Gasteiger partial charge in [-0.15, -0.1) is 11.3 Å². The van der Waals surface area contributed by atoms with E-state index < -0.39 is 5.97 Å². The van der Waals surface area contributed by atoms with E-state index in [1.165, 1.54) is 16.7 Å². The van der Waals surface area contributed by atoms with Gasteiger partial charge in [-0.25, -0.2) is 4.79 Å². The monoisotopic (exact) mass is 346 g/mol. The van der Waals surface area contributed by atoms with Crippen LogP contribution in [-0.2, 0) is 17.9 Å². The lowest BCUT2D eigenvalue weighted by Crippen LogP contribution is -2.33. The van der Waals surface area contributed by atoms with Crippen molar-refractivity contribution in [3.8, 4) is 0 Å². The second-order valence-corrected chi connectivity index (χ2v) is 7.08. The van der Waals surface area contributed by atoms with E-state index in [1.54, 1.807) is 29.5 Å². The predicted octanol–water partition coefficient (Wildman–Crippen LogP) is 2.89. The molecule has 2 N–H and O–H groups in total. The lowest BCUT2D eigenvalue weighted by molar-refractivity contribution is -0.119. The zero-order chi connectivity index (χ0) is 17.5. The number of carbonyl (C=O) groups excluding carboxylic acids is 1. The van der Waals surface area contributed by atoms with E-state index in [0.29, 0.717) is 25.2 Å². The van der Waals surface area contributed by atoms with Crippen molar-refractivity contribution in [3.63, 3.8) is 0 Å². The molecule has 0 fully saturated rings. The fourth-order valence-electron chi connectivity index (χ4n) is 2.46. The van der Waals surface area contributed by atoms with Crippen molar-refractivity contribution in [3.05, 3.63) is 57.3 Å². The molecular formula is C18H22N2O3S. The molecule has 0 bridgehead atoms. The summed E-state index contributed by atoms with van der Waals surface area (Å²) in [6, 6.07) is 11.2. The number of carboxylic acids is 1. The third-order valence-electron chi connectivity index (χ3n) is 3.56. The number of aryl methyl sites for hydroxylation is 1. The van der Waals surface area contributed by atoms with Crippen LogP contribution in [0.4, 0.5) is 0 Å². The first-order valence-electron chi connectivity index (χ1n) is 7.78. The first-order valence-corrected chi connectivity index (χ1v) is 8.60. The molecule has 1 amide bonds. The molecule has 5 nitrogen and oxygen atoms in total. The maximum absolute atomic E-state index is 11.1. The Morgan fingerprint density at radius 3 is 2.62 bits per heavy atom. The van der Waals surface area contributed by atoms with Crippen LogP contribution in [0.1, 0.15) is 32.6 Å². The zero-order valence-electron chi connectivity index (χ0n) is 13.9. The van der Waals surface area contributed by atoms with Crippen molar-refractivity contribution < 1.29 is 14.7 Å². The highest BCUT2D eigenvalue weighted by atomic mass is 32.1. The zero-order valence-corrected chi connectivity index (χ0v) is 14.7. The number of benzene rings is 1. The summed E-state index contributed by atoms with van der Waals surface area (Å²) in [5.41, 5.74) is 1.24. The number of carboxylic acid groups (broad SMARTS) is 1. The van der Waals surface area contributed by atoms with E-state index in [0.717, 1.165) is 12.1 Å². The van der Waals surface area contributed by atoms with E-state index in [2.05, 4.69) is 29.3 Å². The molecule has 1 aromatic heterocycles. The predicted molar refractivity (Wildman–Crippen MR) is 95.3 cm³/mol. The van der Waals surface area contributed by atoms with Crippen LogP contribution >= 0.6 is 11.3 Å². The second-order valence-electron chi connectivity index (χ2n) is 5.71. The molecule has 0 saturated heterocycles. The van der Waals surface area contributed by atoms with Gasteiger partial charge in [0.05, 0.1) is 5.56 Å². The van der Waals surface area contributed by atoms with E-state index in [4.69, 9.17) is 5.11 Å². The van der Waals surface area contributed by atoms with Crippen molar-refractivity contribution in [2.24, 2.45) is 0 Å². The summed E-state index contributed by atoms with van der Waals surface area (Å²) in [6.45, 7) is 6.26. The molecule has 0 aliphatic carbocycles. The quantitative estimate of drug-likeness (QED) is 0.771. The summed E-state index contributed by atoms with van der Waals surface area (Å²) in [7, 11) is 0. The minimum atomic E-state index is -0.921. The first-order chi connectivity index (χ1) is 11.4. The van der Waals surface area contributed by atoms with E-state index in [9.17, 15) is 9.59 Å². The first kappa shape index (κ1) is 18.2. The van der Waals surface area contributed by atoms with Gasteiger partial charge in [-0.3, -0.25) is 9.69 Å². The topological polar surface area (TPSA) is 69.6 Å². The van der Waals surface area contributed by atoms with Crippen molar-refractivity contribution in [2.75, 3.05) is 13.1 Å². The van der Waals surface area contributed by atoms with Gasteiger partial charge >= 0.3 is 5.97 Å². The Kier molecular flexibility index (Phi) is 6.52. The highest BCUT2D eigenvalue weighted by Crippen LogP contribution is 2.18. The fourth-order valence-corrected chi connectivity index (χ4v) is 3.39. The van der Waals surface area contributed by atoms with Crippen LogP contribution in [0.15, 0.2) is 36.4 Å². The molecule has 0 aliphatic heterocycles. The minimum Gasteiger partial charge on any atom is -0.478 e. The Morgan fingerprint density at radius 1 is 1.21 bits per heavy atom. The molecule has 24 heavy (non-hydrogen) atoms. The standard InChI is InChI=1S/C18H22N2O3S/c1-13-6-7-17(24-13)12-20(9-8-19-14(2)21)11-15-4-3-5-16(10-15)18(22)23/h3-7,10H,8-9,11-12H2,1-2H3,(H,19,21)(H,22,23). The molecule has 1 aromatic carbocycles. The average molecular weight is 346 g/mol. The molecule has 0 unspecified atom stereocenters. The third kappa shape index (κ3) is 5.79. The van der Waals surface area contributed by atoms with E-state index in [-0.39, 0.29) is 5.91 Å². The maximum atomic E-state index is 11.1. The van der Waals surface area contributed by atoms with Gasteiger partial charge in [0.2, 0.25) is 5.91 Å². The summed E-state index contributed by atoms with van der Waals surface area (Å²) in [6.07, 6.45) is 0. The number of amides is 1. The molecule has 0 saturated carbocycles. The largest absolute Gasteiger partial charge is 0.478 e. The van der Waals surface area contributed by atoms with Gasteiger partial charge in [0.1, 0.15) is 0 Å². The number of nitrogens with zero attached hydrogens (tertiary/aromatic N) is 1. The summed E-state index contributed by atoms with van der Waals surface area (Å²) in [4.78, 5) is 26.9. The van der Waals surface area contributed by atoms with E-state index in [1.807, 2.05) is 6.07 Å². The van der Waals surface area contributed by atoms with Crippen LogP contribution in [0.25, 0.3) is 0 Å². The molecule has 2 aromatic rings. The number of carbonyl (C=O) groups is 2. The second kappa shape index (κ2) is 8.61. The summed E-state index contributed by atoms with van der Waals surface area (Å²) < 4.78 is 0. The van der Waals surface area contributed by atoms with Crippen LogP contribution in [0.3, 0.4) is 0 Å². The lowest BCUT2D eigenvalue weighted by Gasteiger charge is -2.22. The van der Waals surface area contributed by atoms with Gasteiger partial charge in [-0.2, -0.15) is 0 Å². The normalized spacial score (nSPS) is 10.8. The SMILES string of the molecule is CC(=O)NCCN(Cc1cccc(C(=O)O)c1)Cc1ccc(C)s1. The smallest absolute Gasteiger partial charge is 0.335 e. The van der Waals surface area contributed by atoms with Gasteiger partial charge in [-0.05, 0) is 36.8 Å². The molecule has 0 radical (unpaired) electrons. The number of rotatable bonds is 8. The fraction of sp³-hybridized carbons (Fsp3) is 0.333. The van der Waals surface area contributed by atoms with Crippen LogP contribution in [-0.4, -0.2) is 35.0 Å². The van der Waals surface area contributed by atoms with Gasteiger partial charge in [0, 0.05) is 42.9 Å². The van der Waals surface area contributed by atoms with Crippen LogP contribution in [0, 0.1) is 6.92 Å². The van der Waals surface area contributed by atoms with Crippen molar-refractivity contribution in [1.29, 1.82) is 0 Å². The number of hydrogen-bond acceptors (Lipinski definition) is 4. The summed E-state index contributed by atoms with van der Waals surface area (Å²) >= 11 is 1.75. The summed E-state index contributed by atoms with van der Waals surface area (Å²) in [5, 5.41) is 11.9. The minimum absolute atomic E-state index is 0.0465. The molecule has 0 aliphatic rings. The van der Waals surface area contributed by atoms with Gasteiger partial charge in [-0.1, -0.05) is 12.1 Å². The average Bonchev–Trinajstić information content (AvgIpc) is 2.92. The Morgan fingerprint density at radius 2 is 2.00 bits per heavy atom. The molecule has 6 heteroatoms. The van der Waals surface area contributed by atoms with E-state index >= 15 is 0 Å². The van der Waals surface area contributed by atoms with Gasteiger partial charge in [0.15, 0.2) is 0 Å². The highest BCUT2D eigenvalue weighted by molar-refractivity contribution is 7.11. The van der Waals surface area contributed by atoms with Crippen LogP contribution in [0.5, 0.6) is 0 Å². The van der Waals surface area contributed by atoms with Gasteiger partial charge < -0.3 is 10.4 Å². The lowest BCUT2D eigenvalue weighted by atomic mass is 10.1. The number of aromatic carboxylic acids is 1. The number of hydrogen-bond donors (Lipinski definition) is 2. The molecule has 1 heterocycles. The molecule has 2 rings (SSSR count). The molecule has 0 spiro atoms. The van der Waals surface area contributed by atoms with Crippen LogP contribution < -0.4 is 5.32 Å². The van der Waals surface area contributed by atoms with Crippen molar-refractivity contribution in [2.45, 2.75) is 26.9 Å². The number of nitrogens with one attached hydrogen (secondary N) is 1. The number of thiophene rings is 1. The van der Waals surface area contributed by atoms with Crippen LogP contribution in [0.2, 0.25) is 0 Å². The molecular weight excluding hydrogens is 324 g/mol.